The molecule has 0 radical (unpaired) electrons. The van der Waals surface area contributed by atoms with Gasteiger partial charge in [-0.25, -0.2) is 18.7 Å². The number of hydrogen-bond acceptors (Lipinski definition) is 4. The highest BCUT2D eigenvalue weighted by molar-refractivity contribution is 5.98. The molecule has 0 atom stereocenters. The van der Waals surface area contributed by atoms with Crippen LogP contribution in [-0.4, -0.2) is 36.1 Å². The molecule has 4 aromatic rings. The fourth-order valence-electron chi connectivity index (χ4n) is 3.33. The van der Waals surface area contributed by atoms with Crippen molar-refractivity contribution < 1.29 is 18.3 Å². The molecule has 1 aromatic heterocycles. The fourth-order valence-corrected chi connectivity index (χ4v) is 3.33. The molecule has 32 heavy (non-hydrogen) atoms. The molecule has 0 bridgehead atoms. The molecule has 0 saturated heterocycles. The van der Waals surface area contributed by atoms with Gasteiger partial charge in [0.05, 0.1) is 22.4 Å². The summed E-state index contributed by atoms with van der Waals surface area (Å²) in [7, 11) is 1.61. The average Bonchev–Trinajstić information content (AvgIpc) is 2.81. The van der Waals surface area contributed by atoms with Gasteiger partial charge in [0.25, 0.3) is 5.91 Å². The molecule has 0 unspecified atom stereocenters. The second-order valence-corrected chi connectivity index (χ2v) is 7.24. The Morgan fingerprint density at radius 2 is 1.41 bits per heavy atom. The molecular formula is C25H21F2N3O2. The second-order valence-electron chi connectivity index (χ2n) is 7.24. The van der Waals surface area contributed by atoms with Crippen molar-refractivity contribution in [3.8, 4) is 22.5 Å². The largest absolute Gasteiger partial charge is 0.385 e. The molecule has 0 spiro atoms. The van der Waals surface area contributed by atoms with Gasteiger partial charge in [0, 0.05) is 37.0 Å². The van der Waals surface area contributed by atoms with E-state index in [1.54, 1.807) is 49.6 Å². The van der Waals surface area contributed by atoms with Crippen molar-refractivity contribution in [1.82, 2.24) is 15.3 Å². The number of methoxy groups -OCH3 is 1. The van der Waals surface area contributed by atoms with Crippen LogP contribution in [0.1, 0.15) is 16.8 Å². The number of nitrogens with zero attached hydrogens (tertiary/aromatic N) is 2. The molecule has 0 aliphatic heterocycles. The first-order valence-corrected chi connectivity index (χ1v) is 10.2. The molecule has 1 N–H and O–H groups in total. The lowest BCUT2D eigenvalue weighted by atomic mass is 10.0. The van der Waals surface area contributed by atoms with Crippen molar-refractivity contribution in [2.24, 2.45) is 0 Å². The normalized spacial score (nSPS) is 11.0. The molecule has 5 nitrogen and oxygen atoms in total. The Morgan fingerprint density at radius 1 is 0.844 bits per heavy atom. The highest BCUT2D eigenvalue weighted by Crippen LogP contribution is 2.31. The van der Waals surface area contributed by atoms with Crippen molar-refractivity contribution in [2.75, 3.05) is 20.3 Å². The van der Waals surface area contributed by atoms with Crippen LogP contribution >= 0.6 is 0 Å². The number of carbonyl (C=O) groups excluding carboxylic acids is 1. The van der Waals surface area contributed by atoms with Gasteiger partial charge < -0.3 is 10.1 Å². The number of nitrogens with one attached hydrogen (secondary N) is 1. The lowest BCUT2D eigenvalue weighted by Gasteiger charge is -2.12. The Hall–Kier alpha value is -3.71. The molecule has 162 valence electrons. The second kappa shape index (κ2) is 9.62. The van der Waals surface area contributed by atoms with Crippen LogP contribution < -0.4 is 5.32 Å². The van der Waals surface area contributed by atoms with Gasteiger partial charge in [-0.05, 0) is 73.2 Å². The third kappa shape index (κ3) is 4.78. The Balaban J connectivity index is 1.77. The van der Waals surface area contributed by atoms with Gasteiger partial charge in [0.1, 0.15) is 11.6 Å². The third-order valence-electron chi connectivity index (χ3n) is 4.97. The highest BCUT2D eigenvalue weighted by Gasteiger charge is 2.15. The van der Waals surface area contributed by atoms with Crippen molar-refractivity contribution >= 4 is 16.9 Å². The average molecular weight is 433 g/mol. The molecule has 0 saturated carbocycles. The van der Waals surface area contributed by atoms with E-state index in [4.69, 9.17) is 14.7 Å². The van der Waals surface area contributed by atoms with Crippen LogP contribution in [0.15, 0.2) is 66.7 Å². The van der Waals surface area contributed by atoms with Crippen LogP contribution in [0.4, 0.5) is 8.78 Å². The van der Waals surface area contributed by atoms with Gasteiger partial charge in [-0.3, -0.25) is 4.79 Å². The smallest absolute Gasteiger partial charge is 0.251 e. The Kier molecular flexibility index (Phi) is 6.47. The van der Waals surface area contributed by atoms with Crippen LogP contribution in [0, 0.1) is 11.6 Å². The molecule has 7 heteroatoms. The fraction of sp³-hybridized carbons (Fsp3) is 0.160. The molecule has 3 aromatic carbocycles. The Morgan fingerprint density at radius 3 is 1.97 bits per heavy atom. The Bertz CT molecular complexity index is 1240. The minimum Gasteiger partial charge on any atom is -0.385 e. The Labute approximate surface area is 184 Å². The predicted molar refractivity (Wildman–Crippen MR) is 119 cm³/mol. The molecule has 1 heterocycles. The van der Waals surface area contributed by atoms with Gasteiger partial charge in [0.2, 0.25) is 0 Å². The summed E-state index contributed by atoms with van der Waals surface area (Å²) in [5, 5.41) is 2.85. The van der Waals surface area contributed by atoms with Crippen LogP contribution in [-0.2, 0) is 4.74 Å². The predicted octanol–water partition coefficient (Wildman–Crippen LogP) is 5.01. The maximum atomic E-state index is 13.5. The summed E-state index contributed by atoms with van der Waals surface area (Å²) in [6.45, 7) is 1.07. The number of carbonyl (C=O) groups is 1. The third-order valence-corrected chi connectivity index (χ3v) is 4.97. The summed E-state index contributed by atoms with van der Waals surface area (Å²) in [6.07, 6.45) is 0.714. The minimum atomic E-state index is -0.363. The monoisotopic (exact) mass is 433 g/mol. The summed E-state index contributed by atoms with van der Waals surface area (Å²) in [4.78, 5) is 22.0. The molecule has 4 rings (SSSR count). The molecule has 0 aliphatic rings. The van der Waals surface area contributed by atoms with Crippen molar-refractivity contribution in [1.29, 1.82) is 0 Å². The van der Waals surface area contributed by atoms with Crippen LogP contribution in [0.3, 0.4) is 0 Å². The number of rotatable bonds is 7. The first-order chi connectivity index (χ1) is 15.5. The van der Waals surface area contributed by atoms with E-state index in [2.05, 4.69) is 5.32 Å². The van der Waals surface area contributed by atoms with E-state index in [1.165, 1.54) is 24.3 Å². The van der Waals surface area contributed by atoms with E-state index < -0.39 is 0 Å². The van der Waals surface area contributed by atoms with Crippen LogP contribution in [0.2, 0.25) is 0 Å². The van der Waals surface area contributed by atoms with Gasteiger partial charge in [-0.1, -0.05) is 0 Å². The number of hydrogen-bond donors (Lipinski definition) is 1. The van der Waals surface area contributed by atoms with Gasteiger partial charge >= 0.3 is 0 Å². The highest BCUT2D eigenvalue weighted by atomic mass is 19.1. The zero-order valence-electron chi connectivity index (χ0n) is 17.4. The summed E-state index contributed by atoms with van der Waals surface area (Å²) in [6, 6.07) is 17.0. The maximum absolute atomic E-state index is 13.5. The molecular weight excluding hydrogens is 412 g/mol. The molecule has 1 amide bonds. The number of halogens is 2. The van der Waals surface area contributed by atoms with Crippen LogP contribution in [0.25, 0.3) is 33.5 Å². The van der Waals surface area contributed by atoms with E-state index in [1.807, 2.05) is 0 Å². The van der Waals surface area contributed by atoms with Crippen molar-refractivity contribution in [2.45, 2.75) is 6.42 Å². The van der Waals surface area contributed by atoms with Gasteiger partial charge in [0.15, 0.2) is 0 Å². The number of ether oxygens (including phenoxy) is 1. The van der Waals surface area contributed by atoms with Crippen LogP contribution in [0.5, 0.6) is 0 Å². The maximum Gasteiger partial charge on any atom is 0.251 e. The summed E-state index contributed by atoms with van der Waals surface area (Å²) < 4.78 is 31.9. The van der Waals surface area contributed by atoms with E-state index in [0.29, 0.717) is 58.7 Å². The lowest BCUT2D eigenvalue weighted by molar-refractivity contribution is 0.0948. The molecule has 0 fully saturated rings. The summed E-state index contributed by atoms with van der Waals surface area (Å²) >= 11 is 0. The van der Waals surface area contributed by atoms with E-state index in [9.17, 15) is 13.6 Å². The van der Waals surface area contributed by atoms with Gasteiger partial charge in [-0.2, -0.15) is 0 Å². The standard InChI is InChI=1S/C25H21F2N3O2/c1-32-14-2-13-28-25(31)18-7-12-21-22(15-18)30-24(17-5-10-20(27)11-6-17)23(29-21)16-3-8-19(26)9-4-16/h3-12,15H,2,13-14H2,1H3,(H,28,31). The SMILES string of the molecule is COCCCNC(=O)c1ccc2nc(-c3ccc(F)cc3)c(-c3ccc(F)cc3)nc2c1. The van der Waals surface area contributed by atoms with Crippen molar-refractivity contribution in [3.63, 3.8) is 0 Å². The first-order valence-electron chi connectivity index (χ1n) is 10.2. The topological polar surface area (TPSA) is 64.1 Å². The minimum absolute atomic E-state index is 0.212. The lowest BCUT2D eigenvalue weighted by Crippen LogP contribution is -2.25. The van der Waals surface area contributed by atoms with Gasteiger partial charge in [-0.15, -0.1) is 0 Å². The summed E-state index contributed by atoms with van der Waals surface area (Å²) in [5.74, 6) is -0.930. The number of aromatic nitrogens is 2. The van der Waals surface area contributed by atoms with E-state index >= 15 is 0 Å². The van der Waals surface area contributed by atoms with Crippen molar-refractivity contribution in [3.05, 3.63) is 83.9 Å². The molecule has 0 aliphatic carbocycles. The number of amides is 1. The number of benzene rings is 3. The zero-order chi connectivity index (χ0) is 22.5. The zero-order valence-corrected chi connectivity index (χ0v) is 17.4. The van der Waals surface area contributed by atoms with E-state index in [-0.39, 0.29) is 17.5 Å². The quantitative estimate of drug-likeness (QED) is 0.416. The number of fused-ring (bicyclic) bond motifs is 1. The summed E-state index contributed by atoms with van der Waals surface area (Å²) in [5.41, 5.74) is 3.98. The van der Waals surface area contributed by atoms with E-state index in [0.717, 1.165) is 0 Å². The first kappa shape index (κ1) is 21.5.